The van der Waals surface area contributed by atoms with E-state index in [4.69, 9.17) is 4.74 Å². The summed E-state index contributed by atoms with van der Waals surface area (Å²) in [5.41, 5.74) is 0.164. The molecule has 0 fully saturated rings. The van der Waals surface area contributed by atoms with Crippen LogP contribution in [0.5, 0.6) is 5.75 Å². The van der Waals surface area contributed by atoms with Crippen molar-refractivity contribution < 1.29 is 19.4 Å². The molecule has 11 heteroatoms. The van der Waals surface area contributed by atoms with E-state index in [9.17, 15) is 25.0 Å². The van der Waals surface area contributed by atoms with Crippen molar-refractivity contribution in [2.24, 2.45) is 0 Å². The molecule has 1 N–H and O–H groups in total. The molecule has 0 unspecified atom stereocenters. The summed E-state index contributed by atoms with van der Waals surface area (Å²) in [5, 5.41) is 23.9. The number of benzene rings is 1. The third kappa shape index (κ3) is 4.23. The van der Waals surface area contributed by atoms with Crippen molar-refractivity contribution in [2.75, 3.05) is 11.9 Å². The number of non-ortho nitro benzene ring substituents is 1. The van der Waals surface area contributed by atoms with Crippen molar-refractivity contribution in [1.29, 1.82) is 0 Å². The second-order valence-corrected chi connectivity index (χ2v) is 5.19. The van der Waals surface area contributed by atoms with Gasteiger partial charge >= 0.3 is 5.82 Å². The Kier molecular flexibility index (Phi) is 5.37. The van der Waals surface area contributed by atoms with Gasteiger partial charge in [0.25, 0.3) is 11.6 Å². The molecule has 10 nitrogen and oxygen atoms in total. The Balaban J connectivity index is 2.02. The molecule has 2 aromatic rings. The highest BCUT2D eigenvalue weighted by Gasteiger charge is 2.17. The first-order valence-corrected chi connectivity index (χ1v) is 7.14. The lowest BCUT2D eigenvalue weighted by Gasteiger charge is -2.08. The molecule has 24 heavy (non-hydrogen) atoms. The number of nitrogens with zero attached hydrogens (tertiary/aromatic N) is 3. The van der Waals surface area contributed by atoms with Gasteiger partial charge in [-0.25, -0.2) is 0 Å². The lowest BCUT2D eigenvalue weighted by Crippen LogP contribution is -2.20. The first-order valence-electron chi connectivity index (χ1n) is 6.34. The number of amides is 1. The van der Waals surface area contributed by atoms with Gasteiger partial charge in [0.1, 0.15) is 6.20 Å². The molecule has 0 radical (unpaired) electrons. The monoisotopic (exact) mass is 396 g/mol. The van der Waals surface area contributed by atoms with Gasteiger partial charge < -0.3 is 20.2 Å². The molecule has 0 aliphatic rings. The van der Waals surface area contributed by atoms with Crippen LogP contribution in [-0.4, -0.2) is 27.3 Å². The van der Waals surface area contributed by atoms with Gasteiger partial charge in [-0.05, 0) is 44.0 Å². The molecule has 124 valence electrons. The fourth-order valence-corrected chi connectivity index (χ4v) is 2.15. The van der Waals surface area contributed by atoms with Gasteiger partial charge in [0, 0.05) is 16.6 Å². The summed E-state index contributed by atoms with van der Waals surface area (Å²) in [6.45, 7) is -0.490. The molecular formula is C13H9BrN4O6. The van der Waals surface area contributed by atoms with Crippen LogP contribution in [0, 0.1) is 20.2 Å². The summed E-state index contributed by atoms with van der Waals surface area (Å²) in [4.78, 5) is 35.6. The number of anilines is 1. The third-order valence-electron chi connectivity index (χ3n) is 2.72. The molecule has 1 aromatic carbocycles. The van der Waals surface area contributed by atoms with Gasteiger partial charge in [-0.1, -0.05) is 0 Å². The van der Waals surface area contributed by atoms with Crippen molar-refractivity contribution in [3.05, 3.63) is 61.2 Å². The van der Waals surface area contributed by atoms with Gasteiger partial charge in [-0.3, -0.25) is 14.9 Å². The number of hydrogen-bond donors (Lipinski definition) is 1. The average molecular weight is 397 g/mol. The first kappa shape index (κ1) is 17.3. The summed E-state index contributed by atoms with van der Waals surface area (Å²) in [6.07, 6.45) is 1.24. The van der Waals surface area contributed by atoms with Gasteiger partial charge in [0.05, 0.1) is 10.6 Å². The van der Waals surface area contributed by atoms with Gasteiger partial charge in [0.2, 0.25) is 5.75 Å². The predicted molar refractivity (Wildman–Crippen MR) is 85.8 cm³/mol. The minimum Gasteiger partial charge on any atom is -0.476 e. The standard InChI is InChI=1S/C13H9BrN4O6/c14-9-6-8(17(20)21)3-4-10(9)16-12(19)7-24-11-2-1-5-15-13(11)18(22)23/h1-6H,7H2,(H,16,19). The number of nitro groups is 2. The van der Waals surface area contributed by atoms with E-state index in [1.165, 1.54) is 36.5 Å². The Morgan fingerprint density at radius 1 is 1.25 bits per heavy atom. The van der Waals surface area contributed by atoms with Crippen LogP contribution < -0.4 is 10.1 Å². The van der Waals surface area contributed by atoms with Crippen LogP contribution in [0.4, 0.5) is 17.2 Å². The van der Waals surface area contributed by atoms with Crippen molar-refractivity contribution in [3.8, 4) is 5.75 Å². The molecule has 0 atom stereocenters. The maximum atomic E-state index is 11.9. The smallest absolute Gasteiger partial charge is 0.406 e. The van der Waals surface area contributed by atoms with Crippen molar-refractivity contribution in [2.45, 2.75) is 0 Å². The van der Waals surface area contributed by atoms with Crippen LogP contribution in [0.25, 0.3) is 0 Å². The zero-order valence-corrected chi connectivity index (χ0v) is 13.4. The Morgan fingerprint density at radius 2 is 2.00 bits per heavy atom. The molecule has 0 bridgehead atoms. The van der Waals surface area contributed by atoms with Gasteiger partial charge in [0.15, 0.2) is 6.61 Å². The van der Waals surface area contributed by atoms with Crippen LogP contribution in [0.15, 0.2) is 41.0 Å². The largest absolute Gasteiger partial charge is 0.476 e. The summed E-state index contributed by atoms with van der Waals surface area (Å²) in [6, 6.07) is 6.58. The van der Waals surface area contributed by atoms with E-state index in [0.717, 1.165) is 0 Å². The van der Waals surface area contributed by atoms with Crippen LogP contribution >= 0.6 is 15.9 Å². The van der Waals surface area contributed by atoms with Crippen molar-refractivity contribution in [1.82, 2.24) is 4.98 Å². The van der Waals surface area contributed by atoms with E-state index in [-0.39, 0.29) is 11.4 Å². The third-order valence-corrected chi connectivity index (χ3v) is 3.38. The number of pyridine rings is 1. The Hall–Kier alpha value is -3.08. The predicted octanol–water partition coefficient (Wildman–Crippen LogP) is 2.68. The van der Waals surface area contributed by atoms with Crippen LogP contribution in [0.2, 0.25) is 0 Å². The maximum Gasteiger partial charge on any atom is 0.406 e. The Morgan fingerprint density at radius 3 is 2.62 bits per heavy atom. The summed E-state index contributed by atoms with van der Waals surface area (Å²) >= 11 is 3.11. The summed E-state index contributed by atoms with van der Waals surface area (Å²) in [5.74, 6) is -1.23. The van der Waals surface area contributed by atoms with E-state index in [1.54, 1.807) is 0 Å². The molecule has 0 saturated heterocycles. The molecule has 1 heterocycles. The van der Waals surface area contributed by atoms with E-state index in [2.05, 4.69) is 26.2 Å². The topological polar surface area (TPSA) is 138 Å². The van der Waals surface area contributed by atoms with Crippen molar-refractivity contribution in [3.63, 3.8) is 0 Å². The number of nitrogens with one attached hydrogen (secondary N) is 1. The molecular weight excluding hydrogens is 388 g/mol. The van der Waals surface area contributed by atoms with E-state index in [1.807, 2.05) is 0 Å². The minimum atomic E-state index is -0.722. The van der Waals surface area contributed by atoms with E-state index in [0.29, 0.717) is 10.2 Å². The highest BCUT2D eigenvalue weighted by molar-refractivity contribution is 9.10. The lowest BCUT2D eigenvalue weighted by atomic mass is 10.3. The van der Waals surface area contributed by atoms with Crippen LogP contribution in [-0.2, 0) is 4.79 Å². The molecule has 0 aliphatic heterocycles. The number of carbonyl (C=O) groups is 1. The SMILES string of the molecule is O=C(COc1cccnc1[N+](=O)[O-])Nc1ccc([N+](=O)[O-])cc1Br. The van der Waals surface area contributed by atoms with E-state index >= 15 is 0 Å². The van der Waals surface area contributed by atoms with Crippen LogP contribution in [0.1, 0.15) is 0 Å². The molecule has 0 aliphatic carbocycles. The quantitative estimate of drug-likeness (QED) is 0.584. The number of rotatable bonds is 6. The maximum absolute atomic E-state index is 11.9. The van der Waals surface area contributed by atoms with Gasteiger partial charge in [-0.2, -0.15) is 0 Å². The second-order valence-electron chi connectivity index (χ2n) is 4.34. The van der Waals surface area contributed by atoms with Crippen LogP contribution in [0.3, 0.4) is 0 Å². The Labute approximate surface area is 142 Å². The summed E-state index contributed by atoms with van der Waals surface area (Å²) < 4.78 is 5.41. The van der Waals surface area contributed by atoms with Crippen molar-refractivity contribution >= 4 is 39.0 Å². The Bertz CT molecular complexity index is 813. The minimum absolute atomic E-state index is 0.137. The zero-order chi connectivity index (χ0) is 17.7. The van der Waals surface area contributed by atoms with Gasteiger partial charge in [-0.15, -0.1) is 0 Å². The second kappa shape index (κ2) is 7.46. The lowest BCUT2D eigenvalue weighted by molar-refractivity contribution is -0.390. The fraction of sp³-hybridized carbons (Fsp3) is 0.0769. The number of halogens is 1. The highest BCUT2D eigenvalue weighted by atomic mass is 79.9. The highest BCUT2D eigenvalue weighted by Crippen LogP contribution is 2.27. The fourth-order valence-electron chi connectivity index (χ4n) is 1.68. The average Bonchev–Trinajstić information content (AvgIpc) is 2.54. The molecule has 1 aromatic heterocycles. The molecule has 2 rings (SSSR count). The zero-order valence-electron chi connectivity index (χ0n) is 11.8. The normalized spacial score (nSPS) is 10.0. The molecule has 0 spiro atoms. The number of hydrogen-bond acceptors (Lipinski definition) is 7. The summed E-state index contributed by atoms with van der Waals surface area (Å²) in [7, 11) is 0. The van der Waals surface area contributed by atoms with E-state index < -0.39 is 28.2 Å². The number of aromatic nitrogens is 1. The number of ether oxygens (including phenoxy) is 1. The molecule has 0 saturated carbocycles. The molecule has 1 amide bonds. The number of nitro benzene ring substituents is 1. The number of carbonyl (C=O) groups excluding carboxylic acids is 1. The first-order chi connectivity index (χ1) is 11.4.